The number of rotatable bonds is 4. The number of hydrogen-bond donors (Lipinski definition) is 1. The highest BCUT2D eigenvalue weighted by Gasteiger charge is 2.21. The van der Waals surface area contributed by atoms with Gasteiger partial charge in [-0.2, -0.15) is 0 Å². The third-order valence-electron chi connectivity index (χ3n) is 3.32. The molecule has 0 saturated heterocycles. The van der Waals surface area contributed by atoms with E-state index in [1.165, 1.54) is 6.07 Å². The molecule has 0 spiro atoms. The molecule has 5 nitrogen and oxygen atoms in total. The maximum atomic E-state index is 12.5. The van der Waals surface area contributed by atoms with Gasteiger partial charge in [-0.1, -0.05) is 6.07 Å². The molecule has 1 aromatic heterocycles. The molecule has 1 heterocycles. The molecule has 21 heavy (non-hydrogen) atoms. The highest BCUT2D eigenvalue weighted by molar-refractivity contribution is 7.92. The van der Waals surface area contributed by atoms with E-state index in [2.05, 4.69) is 4.72 Å². The molecule has 0 aliphatic rings. The summed E-state index contributed by atoms with van der Waals surface area (Å²) >= 11 is 0. The third kappa shape index (κ3) is 3.05. The molecular weight excluding hydrogens is 288 g/mol. The van der Waals surface area contributed by atoms with Gasteiger partial charge >= 0.3 is 0 Å². The van der Waals surface area contributed by atoms with Gasteiger partial charge in [0.05, 0.1) is 5.69 Å². The van der Waals surface area contributed by atoms with Crippen LogP contribution in [-0.2, 0) is 10.0 Å². The number of benzene rings is 1. The van der Waals surface area contributed by atoms with Crippen LogP contribution in [0.2, 0.25) is 0 Å². The van der Waals surface area contributed by atoms with E-state index in [-0.39, 0.29) is 4.90 Å². The minimum atomic E-state index is -3.65. The van der Waals surface area contributed by atoms with Crippen LogP contribution in [0, 0.1) is 20.8 Å². The quantitative estimate of drug-likeness (QED) is 0.943. The molecule has 0 aliphatic carbocycles. The molecule has 2 aromatic rings. The molecule has 0 bridgehead atoms. The topological polar surface area (TPSA) is 62.6 Å². The maximum absolute atomic E-state index is 12.5. The Bertz CT molecular complexity index is 761. The van der Waals surface area contributed by atoms with E-state index in [9.17, 15) is 8.42 Å². The molecule has 0 saturated carbocycles. The van der Waals surface area contributed by atoms with Gasteiger partial charge in [0, 0.05) is 25.8 Å². The van der Waals surface area contributed by atoms with Crippen LogP contribution in [0.4, 0.5) is 11.4 Å². The summed E-state index contributed by atoms with van der Waals surface area (Å²) in [6, 6.07) is 7.05. The molecule has 0 radical (unpaired) electrons. The lowest BCUT2D eigenvalue weighted by Gasteiger charge is -2.18. The Morgan fingerprint density at radius 1 is 1.14 bits per heavy atom. The van der Waals surface area contributed by atoms with Crippen molar-refractivity contribution >= 4 is 21.4 Å². The van der Waals surface area contributed by atoms with Crippen LogP contribution in [0.5, 0.6) is 0 Å². The molecule has 0 unspecified atom stereocenters. The van der Waals surface area contributed by atoms with E-state index >= 15 is 0 Å². The van der Waals surface area contributed by atoms with E-state index in [1.54, 1.807) is 19.9 Å². The summed E-state index contributed by atoms with van der Waals surface area (Å²) in [5.41, 5.74) is 2.42. The summed E-state index contributed by atoms with van der Waals surface area (Å²) in [5.74, 6) is 0.966. The number of anilines is 2. The van der Waals surface area contributed by atoms with Crippen molar-refractivity contribution in [2.24, 2.45) is 0 Å². The van der Waals surface area contributed by atoms with Crippen molar-refractivity contribution in [3.05, 3.63) is 41.3 Å². The second kappa shape index (κ2) is 5.44. The van der Waals surface area contributed by atoms with E-state index in [0.717, 1.165) is 11.3 Å². The Hall–Kier alpha value is -1.95. The number of furan rings is 1. The fourth-order valence-corrected chi connectivity index (χ4v) is 3.65. The third-order valence-corrected chi connectivity index (χ3v) is 4.79. The van der Waals surface area contributed by atoms with Gasteiger partial charge in [-0.3, -0.25) is 4.72 Å². The van der Waals surface area contributed by atoms with Gasteiger partial charge in [-0.05, 0) is 38.5 Å². The van der Waals surface area contributed by atoms with Crippen molar-refractivity contribution in [2.45, 2.75) is 25.7 Å². The van der Waals surface area contributed by atoms with Gasteiger partial charge in [0.1, 0.15) is 16.4 Å². The van der Waals surface area contributed by atoms with Crippen molar-refractivity contribution in [2.75, 3.05) is 23.7 Å². The van der Waals surface area contributed by atoms with Gasteiger partial charge in [0.25, 0.3) is 10.0 Å². The zero-order valence-corrected chi connectivity index (χ0v) is 13.7. The summed E-state index contributed by atoms with van der Waals surface area (Å²) < 4.78 is 32.9. The lowest BCUT2D eigenvalue weighted by Crippen LogP contribution is -2.16. The summed E-state index contributed by atoms with van der Waals surface area (Å²) in [6.07, 6.45) is 0. The monoisotopic (exact) mass is 308 g/mol. The van der Waals surface area contributed by atoms with Crippen molar-refractivity contribution in [3.8, 4) is 0 Å². The minimum absolute atomic E-state index is 0.176. The lowest BCUT2D eigenvalue weighted by atomic mass is 10.1. The zero-order chi connectivity index (χ0) is 15.8. The number of hydrogen-bond acceptors (Lipinski definition) is 4. The minimum Gasteiger partial charge on any atom is -0.465 e. The first-order valence-electron chi connectivity index (χ1n) is 6.59. The normalized spacial score (nSPS) is 11.5. The molecule has 0 aliphatic heterocycles. The molecule has 0 amide bonds. The fraction of sp³-hybridized carbons (Fsp3) is 0.333. The van der Waals surface area contributed by atoms with Gasteiger partial charge in [-0.25, -0.2) is 8.42 Å². The summed E-state index contributed by atoms with van der Waals surface area (Å²) in [5, 5.41) is 0. The first-order chi connectivity index (χ1) is 9.72. The van der Waals surface area contributed by atoms with E-state index in [0.29, 0.717) is 17.2 Å². The predicted molar refractivity (Wildman–Crippen MR) is 84.5 cm³/mol. The predicted octanol–water partition coefficient (Wildman–Crippen LogP) is 3.07. The van der Waals surface area contributed by atoms with Crippen LogP contribution in [0.3, 0.4) is 0 Å². The number of sulfonamides is 1. The van der Waals surface area contributed by atoms with Gasteiger partial charge in [0.2, 0.25) is 0 Å². The van der Waals surface area contributed by atoms with Crippen LogP contribution >= 0.6 is 0 Å². The highest BCUT2D eigenvalue weighted by Crippen LogP contribution is 2.28. The largest absolute Gasteiger partial charge is 0.465 e. The van der Waals surface area contributed by atoms with E-state index < -0.39 is 10.0 Å². The van der Waals surface area contributed by atoms with Gasteiger partial charge in [0.15, 0.2) is 0 Å². The molecule has 6 heteroatoms. The van der Waals surface area contributed by atoms with E-state index in [1.807, 2.05) is 38.1 Å². The van der Waals surface area contributed by atoms with Crippen LogP contribution in [0.15, 0.2) is 33.6 Å². The molecule has 2 rings (SSSR count). The number of nitrogens with zero attached hydrogens (tertiary/aromatic N) is 1. The lowest BCUT2D eigenvalue weighted by molar-refractivity contribution is 0.496. The molecule has 0 fully saturated rings. The summed E-state index contributed by atoms with van der Waals surface area (Å²) in [4.78, 5) is 2.12. The second-order valence-corrected chi connectivity index (χ2v) is 6.88. The molecule has 114 valence electrons. The average Bonchev–Trinajstić information content (AvgIpc) is 2.71. The fourth-order valence-electron chi connectivity index (χ4n) is 2.29. The van der Waals surface area contributed by atoms with Crippen LogP contribution in [0.1, 0.15) is 17.1 Å². The SMILES string of the molecule is Cc1cc(S(=O)(=O)Nc2cccc(N(C)C)c2C)c(C)o1. The van der Waals surface area contributed by atoms with Crippen LogP contribution in [0.25, 0.3) is 0 Å². The first-order valence-corrected chi connectivity index (χ1v) is 8.07. The number of nitrogens with one attached hydrogen (secondary N) is 1. The zero-order valence-electron chi connectivity index (χ0n) is 12.9. The molecular formula is C15H20N2O3S. The standard InChI is InChI=1S/C15H20N2O3S/c1-10-9-15(12(3)20-10)21(18,19)16-13-7-6-8-14(11(13)2)17(4)5/h6-9,16H,1-5H3. The summed E-state index contributed by atoms with van der Waals surface area (Å²) in [6.45, 7) is 5.26. The first kappa shape index (κ1) is 15.4. The molecule has 1 aromatic carbocycles. The van der Waals surface area contributed by atoms with E-state index in [4.69, 9.17) is 4.42 Å². The summed E-state index contributed by atoms with van der Waals surface area (Å²) in [7, 11) is 0.191. The van der Waals surface area contributed by atoms with Crippen molar-refractivity contribution in [1.29, 1.82) is 0 Å². The maximum Gasteiger partial charge on any atom is 0.265 e. The Morgan fingerprint density at radius 2 is 1.81 bits per heavy atom. The Kier molecular flexibility index (Phi) is 4.00. The van der Waals surface area contributed by atoms with Crippen LogP contribution < -0.4 is 9.62 Å². The van der Waals surface area contributed by atoms with Crippen molar-refractivity contribution in [1.82, 2.24) is 0 Å². The average molecular weight is 308 g/mol. The smallest absolute Gasteiger partial charge is 0.265 e. The van der Waals surface area contributed by atoms with Crippen LogP contribution in [-0.4, -0.2) is 22.5 Å². The van der Waals surface area contributed by atoms with Gasteiger partial charge in [-0.15, -0.1) is 0 Å². The highest BCUT2D eigenvalue weighted by atomic mass is 32.2. The number of aryl methyl sites for hydroxylation is 2. The molecule has 1 N–H and O–H groups in total. The Morgan fingerprint density at radius 3 is 2.33 bits per heavy atom. The molecule has 0 atom stereocenters. The Balaban J connectivity index is 2.42. The van der Waals surface area contributed by atoms with Crippen molar-refractivity contribution in [3.63, 3.8) is 0 Å². The second-order valence-electron chi connectivity index (χ2n) is 5.23. The van der Waals surface area contributed by atoms with Crippen molar-refractivity contribution < 1.29 is 12.8 Å². The van der Waals surface area contributed by atoms with Gasteiger partial charge < -0.3 is 9.32 Å². The Labute approximate surface area is 125 Å².